The van der Waals surface area contributed by atoms with Gasteiger partial charge >= 0.3 is 6.09 Å². The lowest BCUT2D eigenvalue weighted by molar-refractivity contribution is -0.135. The van der Waals surface area contributed by atoms with Crippen LogP contribution in [0.3, 0.4) is 0 Å². The van der Waals surface area contributed by atoms with Crippen molar-refractivity contribution < 1.29 is 27.5 Å². The molecule has 26 heavy (non-hydrogen) atoms. The minimum absolute atomic E-state index is 0.0288. The van der Waals surface area contributed by atoms with Crippen molar-refractivity contribution >= 4 is 27.7 Å². The average Bonchev–Trinajstić information content (AvgIpc) is 2.94. The maximum Gasteiger partial charge on any atom is 0.409 e. The first kappa shape index (κ1) is 20.5. The molecule has 0 aromatic heterocycles. The molecule has 0 aromatic carbocycles. The van der Waals surface area contributed by atoms with Crippen molar-refractivity contribution in [1.29, 1.82) is 0 Å². The van der Waals surface area contributed by atoms with E-state index in [4.69, 9.17) is 4.74 Å². The molecule has 0 aromatic rings. The van der Waals surface area contributed by atoms with Gasteiger partial charge in [-0.3, -0.25) is 9.59 Å². The van der Waals surface area contributed by atoms with Gasteiger partial charge in [0.25, 0.3) is 0 Å². The third-order valence-electron chi connectivity index (χ3n) is 4.78. The highest BCUT2D eigenvalue weighted by Crippen LogP contribution is 2.18. The molecular weight excluding hydrogens is 362 g/mol. The summed E-state index contributed by atoms with van der Waals surface area (Å²) in [6, 6.07) is -0.342. The first-order valence-corrected chi connectivity index (χ1v) is 10.7. The summed E-state index contributed by atoms with van der Waals surface area (Å²) in [5.41, 5.74) is 0. The van der Waals surface area contributed by atoms with E-state index >= 15 is 0 Å². The summed E-state index contributed by atoms with van der Waals surface area (Å²) in [5, 5.41) is 0. The van der Waals surface area contributed by atoms with Crippen molar-refractivity contribution in [3.63, 3.8) is 0 Å². The molecule has 0 bridgehead atoms. The number of piperazine rings is 1. The Morgan fingerprint density at radius 2 is 1.73 bits per heavy atom. The van der Waals surface area contributed by atoms with Gasteiger partial charge in [0.05, 0.1) is 18.1 Å². The van der Waals surface area contributed by atoms with Crippen LogP contribution in [0.1, 0.15) is 26.7 Å². The van der Waals surface area contributed by atoms with Crippen LogP contribution in [0.2, 0.25) is 0 Å². The monoisotopic (exact) mass is 389 g/mol. The SMILES string of the molecule is CCOC(=O)N1CCN(C(=O)CCN(C(C)=O)C2CCS(=O)(=O)C2)CC1. The summed E-state index contributed by atoms with van der Waals surface area (Å²) in [5.74, 6) is -0.253. The lowest BCUT2D eigenvalue weighted by Gasteiger charge is -2.35. The lowest BCUT2D eigenvalue weighted by atomic mass is 10.2. The molecule has 2 aliphatic heterocycles. The number of ether oxygens (including phenoxy) is 1. The number of hydrogen-bond acceptors (Lipinski definition) is 6. The van der Waals surface area contributed by atoms with E-state index in [1.54, 1.807) is 16.7 Å². The Kier molecular flexibility index (Phi) is 6.85. The standard InChI is InChI=1S/C16H27N3O6S/c1-3-25-16(22)18-9-7-17(8-10-18)15(21)4-6-19(13(2)20)14-5-11-26(23,24)12-14/h14H,3-12H2,1-2H3. The summed E-state index contributed by atoms with van der Waals surface area (Å²) < 4.78 is 28.2. The zero-order valence-corrected chi connectivity index (χ0v) is 16.2. The Balaban J connectivity index is 1.82. The molecule has 2 fully saturated rings. The fourth-order valence-electron chi connectivity index (χ4n) is 3.35. The van der Waals surface area contributed by atoms with Crippen molar-refractivity contribution in [2.75, 3.05) is 50.8 Å². The van der Waals surface area contributed by atoms with Gasteiger partial charge in [0.2, 0.25) is 11.8 Å². The summed E-state index contributed by atoms with van der Waals surface area (Å²) in [7, 11) is -3.09. The predicted molar refractivity (Wildman–Crippen MR) is 94.2 cm³/mol. The molecule has 1 unspecified atom stereocenters. The maximum atomic E-state index is 12.4. The molecule has 9 nitrogen and oxygen atoms in total. The zero-order valence-electron chi connectivity index (χ0n) is 15.3. The number of amides is 3. The van der Waals surface area contributed by atoms with E-state index in [0.717, 1.165) is 0 Å². The summed E-state index contributed by atoms with van der Waals surface area (Å²) in [6.07, 6.45) is 0.203. The van der Waals surface area contributed by atoms with Gasteiger partial charge in [-0.1, -0.05) is 0 Å². The summed E-state index contributed by atoms with van der Waals surface area (Å²) in [4.78, 5) is 40.7. The highest BCUT2D eigenvalue weighted by molar-refractivity contribution is 7.91. The van der Waals surface area contributed by atoms with Crippen molar-refractivity contribution in [2.24, 2.45) is 0 Å². The molecule has 148 valence electrons. The summed E-state index contributed by atoms with van der Waals surface area (Å²) in [6.45, 7) is 5.36. The largest absolute Gasteiger partial charge is 0.450 e. The van der Waals surface area contributed by atoms with Gasteiger partial charge in [-0.05, 0) is 13.3 Å². The third kappa shape index (κ3) is 5.33. The molecule has 0 spiro atoms. The fourth-order valence-corrected chi connectivity index (χ4v) is 5.08. The smallest absolute Gasteiger partial charge is 0.409 e. The van der Waals surface area contributed by atoms with Gasteiger partial charge in [0, 0.05) is 52.1 Å². The summed E-state index contributed by atoms with van der Waals surface area (Å²) >= 11 is 0. The van der Waals surface area contributed by atoms with E-state index in [9.17, 15) is 22.8 Å². The molecule has 2 heterocycles. The van der Waals surface area contributed by atoms with Crippen molar-refractivity contribution in [1.82, 2.24) is 14.7 Å². The van der Waals surface area contributed by atoms with E-state index in [-0.39, 0.29) is 48.4 Å². The van der Waals surface area contributed by atoms with Crippen LogP contribution in [0.5, 0.6) is 0 Å². The second kappa shape index (κ2) is 8.70. The molecule has 0 N–H and O–H groups in total. The second-order valence-corrected chi connectivity index (χ2v) is 8.81. The molecule has 2 rings (SSSR count). The van der Waals surface area contributed by atoms with Crippen molar-refractivity contribution in [3.05, 3.63) is 0 Å². The number of carbonyl (C=O) groups excluding carboxylic acids is 3. The van der Waals surface area contributed by atoms with E-state index in [2.05, 4.69) is 0 Å². The molecule has 2 aliphatic rings. The van der Waals surface area contributed by atoms with Crippen molar-refractivity contribution in [3.8, 4) is 0 Å². The zero-order chi connectivity index (χ0) is 19.3. The minimum atomic E-state index is -3.09. The van der Waals surface area contributed by atoms with Crippen LogP contribution in [-0.2, 0) is 24.2 Å². The second-order valence-electron chi connectivity index (χ2n) is 6.59. The topological polar surface area (TPSA) is 104 Å². The van der Waals surface area contributed by atoms with E-state index in [1.165, 1.54) is 11.8 Å². The highest BCUT2D eigenvalue weighted by Gasteiger charge is 2.34. The average molecular weight is 389 g/mol. The van der Waals surface area contributed by atoms with Gasteiger partial charge in [-0.15, -0.1) is 0 Å². The highest BCUT2D eigenvalue weighted by atomic mass is 32.2. The fraction of sp³-hybridized carbons (Fsp3) is 0.812. The van der Waals surface area contributed by atoms with Crippen LogP contribution in [0.4, 0.5) is 4.79 Å². The van der Waals surface area contributed by atoms with Crippen LogP contribution >= 0.6 is 0 Å². The number of hydrogen-bond donors (Lipinski definition) is 0. The van der Waals surface area contributed by atoms with Crippen LogP contribution in [0.15, 0.2) is 0 Å². The van der Waals surface area contributed by atoms with E-state index in [1.807, 2.05) is 0 Å². The number of nitrogens with zero attached hydrogens (tertiary/aromatic N) is 3. The molecule has 10 heteroatoms. The Hall–Kier alpha value is -1.84. The molecule has 1 atom stereocenters. The van der Waals surface area contributed by atoms with Gasteiger partial charge in [-0.25, -0.2) is 13.2 Å². The number of sulfone groups is 1. The molecule has 0 saturated carbocycles. The molecular formula is C16H27N3O6S. The van der Waals surface area contributed by atoms with Gasteiger partial charge in [0.15, 0.2) is 9.84 Å². The van der Waals surface area contributed by atoms with Crippen LogP contribution in [0.25, 0.3) is 0 Å². The molecule has 0 aliphatic carbocycles. The van der Waals surface area contributed by atoms with E-state index < -0.39 is 9.84 Å². The predicted octanol–water partition coefficient (Wildman–Crippen LogP) is -0.287. The minimum Gasteiger partial charge on any atom is -0.450 e. The third-order valence-corrected chi connectivity index (χ3v) is 6.53. The van der Waals surface area contributed by atoms with Crippen LogP contribution in [0, 0.1) is 0 Å². The Bertz CT molecular complexity index is 642. The molecule has 0 radical (unpaired) electrons. The van der Waals surface area contributed by atoms with E-state index in [0.29, 0.717) is 39.2 Å². The van der Waals surface area contributed by atoms with Crippen LogP contribution < -0.4 is 0 Å². The van der Waals surface area contributed by atoms with Crippen LogP contribution in [-0.4, -0.2) is 97.9 Å². The normalized spacial score (nSPS) is 22.2. The quantitative estimate of drug-likeness (QED) is 0.640. The number of rotatable bonds is 5. The maximum absolute atomic E-state index is 12.4. The molecule has 2 saturated heterocycles. The van der Waals surface area contributed by atoms with Gasteiger partial charge in [0.1, 0.15) is 0 Å². The molecule has 3 amide bonds. The van der Waals surface area contributed by atoms with Gasteiger partial charge < -0.3 is 19.4 Å². The Morgan fingerprint density at radius 3 is 2.23 bits per heavy atom. The first-order chi connectivity index (χ1) is 12.2. The van der Waals surface area contributed by atoms with Crippen molar-refractivity contribution in [2.45, 2.75) is 32.7 Å². The Labute approximate surface area is 154 Å². The van der Waals surface area contributed by atoms with Gasteiger partial charge in [-0.2, -0.15) is 0 Å². The number of carbonyl (C=O) groups is 3. The Morgan fingerprint density at radius 1 is 1.12 bits per heavy atom. The first-order valence-electron chi connectivity index (χ1n) is 8.90. The lowest BCUT2D eigenvalue weighted by Crippen LogP contribution is -2.51.